The molecule has 4 nitrogen and oxygen atoms in total. The molecule has 0 aliphatic heterocycles. The second-order valence-corrected chi connectivity index (χ2v) is 7.68. The van der Waals surface area contributed by atoms with E-state index in [1.807, 2.05) is 60.0 Å². The number of hydrogen-bond donors (Lipinski definition) is 2. The second kappa shape index (κ2) is 7.37. The van der Waals surface area contributed by atoms with Crippen molar-refractivity contribution >= 4 is 28.6 Å². The van der Waals surface area contributed by atoms with Crippen LogP contribution >= 0.6 is 11.3 Å². The Morgan fingerprint density at radius 2 is 1.68 bits per heavy atom. The van der Waals surface area contributed by atoms with E-state index < -0.39 is 0 Å². The Morgan fingerprint density at radius 1 is 0.964 bits per heavy atom. The van der Waals surface area contributed by atoms with E-state index in [1.165, 1.54) is 0 Å². The van der Waals surface area contributed by atoms with Crippen LogP contribution in [-0.2, 0) is 0 Å². The summed E-state index contributed by atoms with van der Waals surface area (Å²) in [6, 6.07) is 21.5. The first-order valence-corrected chi connectivity index (χ1v) is 9.91. The molecule has 4 aromatic rings. The number of benzene rings is 2. The number of carbonyl (C=O) groups excluding carboxylic acids is 1. The third-order valence-electron chi connectivity index (χ3n) is 4.77. The number of hydrogen-bond acceptors (Lipinski definition) is 3. The maximum atomic E-state index is 12.7. The summed E-state index contributed by atoms with van der Waals surface area (Å²) >= 11 is 1.65. The van der Waals surface area contributed by atoms with Gasteiger partial charge in [0.15, 0.2) is 0 Å². The first-order chi connectivity index (χ1) is 13.5. The predicted molar refractivity (Wildman–Crippen MR) is 117 cm³/mol. The van der Waals surface area contributed by atoms with Crippen molar-refractivity contribution in [1.82, 2.24) is 4.57 Å². The zero-order valence-corrected chi connectivity index (χ0v) is 16.6. The van der Waals surface area contributed by atoms with Gasteiger partial charge in [0.05, 0.1) is 11.4 Å². The third kappa shape index (κ3) is 3.44. The summed E-state index contributed by atoms with van der Waals surface area (Å²) < 4.78 is 2.16. The van der Waals surface area contributed by atoms with Crippen LogP contribution in [0.4, 0.5) is 11.4 Å². The van der Waals surface area contributed by atoms with E-state index in [0.29, 0.717) is 16.9 Å². The molecule has 0 radical (unpaired) electrons. The standard InChI is InChI=1S/C23H21N3OS/c1-15-5-6-16(2)26(15)19-10-7-17(8-11-19)23(27)25-21-14-18(9-12-20(21)24)22-4-3-13-28-22/h3-14H,24H2,1-2H3,(H,25,27). The molecule has 0 aliphatic carbocycles. The number of rotatable bonds is 4. The first kappa shape index (κ1) is 18.1. The number of carbonyl (C=O) groups is 1. The Balaban J connectivity index is 1.57. The van der Waals surface area contributed by atoms with Gasteiger partial charge in [-0.25, -0.2) is 0 Å². The number of aryl methyl sites for hydroxylation is 2. The molecule has 0 saturated carbocycles. The topological polar surface area (TPSA) is 60.0 Å². The molecule has 0 fully saturated rings. The first-order valence-electron chi connectivity index (χ1n) is 9.03. The number of nitrogens with one attached hydrogen (secondary N) is 1. The Morgan fingerprint density at radius 3 is 2.32 bits per heavy atom. The van der Waals surface area contributed by atoms with E-state index in [9.17, 15) is 4.79 Å². The number of thiophene rings is 1. The second-order valence-electron chi connectivity index (χ2n) is 6.73. The molecular weight excluding hydrogens is 366 g/mol. The number of anilines is 2. The minimum atomic E-state index is -0.178. The number of nitrogen functional groups attached to an aromatic ring is 1. The summed E-state index contributed by atoms with van der Waals surface area (Å²) in [5, 5.41) is 4.97. The van der Waals surface area contributed by atoms with Crippen molar-refractivity contribution < 1.29 is 4.79 Å². The van der Waals surface area contributed by atoms with Gasteiger partial charge in [0.2, 0.25) is 0 Å². The van der Waals surface area contributed by atoms with Crippen molar-refractivity contribution in [3.63, 3.8) is 0 Å². The molecule has 2 aromatic heterocycles. The number of nitrogens with zero attached hydrogens (tertiary/aromatic N) is 1. The zero-order chi connectivity index (χ0) is 19.7. The maximum Gasteiger partial charge on any atom is 0.255 e. The average Bonchev–Trinajstić information content (AvgIpc) is 3.34. The van der Waals surface area contributed by atoms with Gasteiger partial charge in [-0.1, -0.05) is 12.1 Å². The summed E-state index contributed by atoms with van der Waals surface area (Å²) in [5.74, 6) is -0.178. The Bertz CT molecular complexity index is 1110. The molecule has 0 saturated heterocycles. The van der Waals surface area contributed by atoms with Crippen molar-refractivity contribution in [2.24, 2.45) is 0 Å². The Kier molecular flexibility index (Phi) is 4.75. The molecule has 0 bridgehead atoms. The molecular formula is C23H21N3OS. The van der Waals surface area contributed by atoms with Crippen molar-refractivity contribution in [2.45, 2.75) is 13.8 Å². The van der Waals surface area contributed by atoms with Gasteiger partial charge in [0.25, 0.3) is 5.91 Å². The molecule has 0 atom stereocenters. The third-order valence-corrected chi connectivity index (χ3v) is 5.68. The van der Waals surface area contributed by atoms with Crippen molar-refractivity contribution in [1.29, 1.82) is 0 Å². The molecule has 2 aromatic carbocycles. The highest BCUT2D eigenvalue weighted by Gasteiger charge is 2.11. The quantitative estimate of drug-likeness (QED) is 0.444. The van der Waals surface area contributed by atoms with Crippen LogP contribution in [0.2, 0.25) is 0 Å². The smallest absolute Gasteiger partial charge is 0.255 e. The van der Waals surface area contributed by atoms with E-state index in [0.717, 1.165) is 27.5 Å². The fourth-order valence-corrected chi connectivity index (χ4v) is 4.02. The molecule has 0 unspecified atom stereocenters. The summed E-state index contributed by atoms with van der Waals surface area (Å²) in [6.07, 6.45) is 0. The molecule has 0 aliphatic rings. The number of aromatic nitrogens is 1. The van der Waals surface area contributed by atoms with Crippen LogP contribution in [0.3, 0.4) is 0 Å². The van der Waals surface area contributed by atoms with Gasteiger partial charge < -0.3 is 15.6 Å². The van der Waals surface area contributed by atoms with Gasteiger partial charge >= 0.3 is 0 Å². The summed E-state index contributed by atoms with van der Waals surface area (Å²) in [5.41, 5.74) is 12.2. The van der Waals surface area contributed by atoms with E-state index >= 15 is 0 Å². The minimum Gasteiger partial charge on any atom is -0.397 e. The summed E-state index contributed by atoms with van der Waals surface area (Å²) in [7, 11) is 0. The van der Waals surface area contributed by atoms with Gasteiger partial charge in [-0.15, -0.1) is 11.3 Å². The monoisotopic (exact) mass is 387 g/mol. The van der Waals surface area contributed by atoms with Crippen LogP contribution in [0, 0.1) is 13.8 Å². The normalized spacial score (nSPS) is 10.8. The van der Waals surface area contributed by atoms with Crippen LogP contribution < -0.4 is 11.1 Å². The van der Waals surface area contributed by atoms with Crippen LogP contribution in [0.5, 0.6) is 0 Å². The summed E-state index contributed by atoms with van der Waals surface area (Å²) in [4.78, 5) is 13.9. The highest BCUT2D eigenvalue weighted by atomic mass is 32.1. The van der Waals surface area contributed by atoms with Crippen LogP contribution in [-0.4, -0.2) is 10.5 Å². The Hall–Kier alpha value is -3.31. The Labute approximate surface area is 168 Å². The largest absolute Gasteiger partial charge is 0.397 e. The van der Waals surface area contributed by atoms with E-state index in [4.69, 9.17) is 5.73 Å². The number of nitrogens with two attached hydrogens (primary N) is 1. The average molecular weight is 388 g/mol. The van der Waals surface area contributed by atoms with Crippen molar-refractivity contribution in [2.75, 3.05) is 11.1 Å². The van der Waals surface area contributed by atoms with E-state index in [-0.39, 0.29) is 5.91 Å². The lowest BCUT2D eigenvalue weighted by Gasteiger charge is -2.12. The fraction of sp³-hybridized carbons (Fsp3) is 0.0870. The molecule has 4 rings (SSSR count). The lowest BCUT2D eigenvalue weighted by atomic mass is 10.1. The van der Waals surface area contributed by atoms with Gasteiger partial charge in [0.1, 0.15) is 0 Å². The van der Waals surface area contributed by atoms with Crippen molar-refractivity contribution in [3.8, 4) is 16.1 Å². The summed E-state index contributed by atoms with van der Waals surface area (Å²) in [6.45, 7) is 4.13. The van der Waals surface area contributed by atoms with E-state index in [1.54, 1.807) is 11.3 Å². The SMILES string of the molecule is Cc1ccc(C)n1-c1ccc(C(=O)Nc2cc(-c3cccs3)ccc2N)cc1. The fourth-order valence-electron chi connectivity index (χ4n) is 3.29. The van der Waals surface area contributed by atoms with Crippen LogP contribution in [0.15, 0.2) is 72.1 Å². The molecule has 0 spiro atoms. The van der Waals surface area contributed by atoms with Gasteiger partial charge in [-0.2, -0.15) is 0 Å². The molecule has 140 valence electrons. The van der Waals surface area contributed by atoms with Gasteiger partial charge in [0, 0.05) is 27.5 Å². The number of amides is 1. The lowest BCUT2D eigenvalue weighted by molar-refractivity contribution is 0.102. The van der Waals surface area contributed by atoms with Crippen LogP contribution in [0.25, 0.3) is 16.1 Å². The highest BCUT2D eigenvalue weighted by Crippen LogP contribution is 2.30. The molecule has 28 heavy (non-hydrogen) atoms. The van der Waals surface area contributed by atoms with Gasteiger partial charge in [-0.05, 0) is 79.4 Å². The highest BCUT2D eigenvalue weighted by molar-refractivity contribution is 7.13. The lowest BCUT2D eigenvalue weighted by Crippen LogP contribution is -2.13. The van der Waals surface area contributed by atoms with E-state index in [2.05, 4.69) is 35.9 Å². The minimum absolute atomic E-state index is 0.178. The van der Waals surface area contributed by atoms with Crippen LogP contribution in [0.1, 0.15) is 21.7 Å². The molecule has 3 N–H and O–H groups in total. The molecule has 1 amide bonds. The maximum absolute atomic E-state index is 12.7. The molecule has 5 heteroatoms. The zero-order valence-electron chi connectivity index (χ0n) is 15.8. The van der Waals surface area contributed by atoms with Gasteiger partial charge in [-0.3, -0.25) is 4.79 Å². The molecule has 2 heterocycles. The predicted octanol–water partition coefficient (Wildman–Crippen LogP) is 5.66. The van der Waals surface area contributed by atoms with Crippen molar-refractivity contribution in [3.05, 3.63) is 89.1 Å².